The predicted molar refractivity (Wildman–Crippen MR) is 117 cm³/mol. The van der Waals surface area contributed by atoms with E-state index in [1.807, 2.05) is 22.8 Å². The summed E-state index contributed by atoms with van der Waals surface area (Å²) in [5.41, 5.74) is -0.0281. The summed E-state index contributed by atoms with van der Waals surface area (Å²) in [4.78, 5) is 13.2. The van der Waals surface area contributed by atoms with Gasteiger partial charge in [-0.2, -0.15) is 13.2 Å². The van der Waals surface area contributed by atoms with Gasteiger partial charge in [-0.3, -0.25) is 4.79 Å². The Hall–Kier alpha value is -3.07. The lowest BCUT2D eigenvalue weighted by Gasteiger charge is -2.18. The summed E-state index contributed by atoms with van der Waals surface area (Å²) < 4.78 is 41.1. The van der Waals surface area contributed by atoms with Crippen molar-refractivity contribution in [1.29, 1.82) is 0 Å². The van der Waals surface area contributed by atoms with Gasteiger partial charge in [-0.25, -0.2) is 0 Å². The van der Waals surface area contributed by atoms with E-state index in [9.17, 15) is 18.0 Å². The maximum absolute atomic E-state index is 13.2. The Kier molecular flexibility index (Phi) is 6.36. The Balaban J connectivity index is 1.62. The van der Waals surface area contributed by atoms with Crippen LogP contribution in [-0.2, 0) is 17.5 Å². The van der Waals surface area contributed by atoms with Gasteiger partial charge in [0.25, 0.3) is 0 Å². The van der Waals surface area contributed by atoms with Gasteiger partial charge in [-0.15, -0.1) is 16.8 Å². The molecule has 1 N–H and O–H groups in total. The molecule has 0 saturated heterocycles. The SMILES string of the molecule is C=CCn1c(SC(C(=O)Nc2cccc(C(F)(F)F)c2)c2ccccc2)nnc1C1CC1. The normalized spacial score (nSPS) is 14.7. The number of aromatic nitrogens is 3. The second-order valence-corrected chi connectivity index (χ2v) is 8.56. The third-order valence-electron chi connectivity index (χ3n) is 5.02. The number of nitrogens with zero attached hydrogens (tertiary/aromatic N) is 3. The number of rotatable bonds is 8. The molecular weight excluding hydrogens is 437 g/mol. The molecule has 5 nitrogen and oxygen atoms in total. The molecule has 1 heterocycles. The Morgan fingerprint density at radius 2 is 1.94 bits per heavy atom. The highest BCUT2D eigenvalue weighted by molar-refractivity contribution is 8.00. The highest BCUT2D eigenvalue weighted by Gasteiger charge is 2.33. The van der Waals surface area contributed by atoms with Crippen LogP contribution in [0.4, 0.5) is 18.9 Å². The first-order valence-electron chi connectivity index (χ1n) is 10.1. The van der Waals surface area contributed by atoms with Gasteiger partial charge >= 0.3 is 6.18 Å². The van der Waals surface area contributed by atoms with Crippen molar-refractivity contribution < 1.29 is 18.0 Å². The molecule has 1 aliphatic rings. The van der Waals surface area contributed by atoms with E-state index in [0.29, 0.717) is 23.2 Å². The van der Waals surface area contributed by atoms with Crippen molar-refractivity contribution in [3.05, 3.63) is 84.2 Å². The number of amides is 1. The first kappa shape index (κ1) is 22.1. The van der Waals surface area contributed by atoms with Crippen LogP contribution in [0.15, 0.2) is 72.4 Å². The Morgan fingerprint density at radius 1 is 1.19 bits per heavy atom. The number of carbonyl (C=O) groups is 1. The molecule has 1 saturated carbocycles. The maximum Gasteiger partial charge on any atom is 0.416 e. The van der Waals surface area contributed by atoms with Crippen molar-refractivity contribution in [3.63, 3.8) is 0 Å². The van der Waals surface area contributed by atoms with E-state index in [-0.39, 0.29) is 5.69 Å². The van der Waals surface area contributed by atoms with E-state index in [1.165, 1.54) is 23.9 Å². The van der Waals surface area contributed by atoms with E-state index < -0.39 is 22.9 Å². The molecule has 166 valence electrons. The molecular formula is C23H21F3N4OS. The summed E-state index contributed by atoms with van der Waals surface area (Å²) in [6.07, 6.45) is -0.635. The predicted octanol–water partition coefficient (Wildman–Crippen LogP) is 5.83. The molecule has 0 bridgehead atoms. The lowest BCUT2D eigenvalue weighted by molar-refractivity contribution is -0.137. The van der Waals surface area contributed by atoms with Gasteiger partial charge in [0.2, 0.25) is 5.91 Å². The molecule has 3 aromatic rings. The third-order valence-corrected chi connectivity index (χ3v) is 6.26. The quantitative estimate of drug-likeness (QED) is 0.341. The highest BCUT2D eigenvalue weighted by Crippen LogP contribution is 2.42. The van der Waals surface area contributed by atoms with E-state index in [0.717, 1.165) is 30.8 Å². The summed E-state index contributed by atoms with van der Waals surface area (Å²) in [6, 6.07) is 13.7. The number of alkyl halides is 3. The third kappa shape index (κ3) is 5.04. The minimum atomic E-state index is -4.49. The van der Waals surface area contributed by atoms with E-state index in [2.05, 4.69) is 22.1 Å². The fraction of sp³-hybridized carbons (Fsp3) is 0.261. The highest BCUT2D eigenvalue weighted by atomic mass is 32.2. The number of nitrogens with one attached hydrogen (secondary N) is 1. The Bertz CT molecular complexity index is 1110. The number of carbonyl (C=O) groups excluding carboxylic acids is 1. The van der Waals surface area contributed by atoms with Crippen molar-refractivity contribution in [3.8, 4) is 0 Å². The largest absolute Gasteiger partial charge is 0.416 e. The van der Waals surface area contributed by atoms with E-state index in [4.69, 9.17) is 0 Å². The molecule has 2 aromatic carbocycles. The summed E-state index contributed by atoms with van der Waals surface area (Å²) in [6.45, 7) is 4.31. The zero-order valence-electron chi connectivity index (χ0n) is 17.0. The first-order valence-corrected chi connectivity index (χ1v) is 11.0. The van der Waals surface area contributed by atoms with Gasteiger partial charge in [0.1, 0.15) is 11.1 Å². The number of hydrogen-bond acceptors (Lipinski definition) is 4. The summed E-state index contributed by atoms with van der Waals surface area (Å²) in [5.74, 6) is 0.796. The van der Waals surface area contributed by atoms with Gasteiger partial charge in [-0.1, -0.05) is 54.2 Å². The molecule has 0 spiro atoms. The van der Waals surface area contributed by atoms with Gasteiger partial charge in [0.05, 0.1) is 5.56 Å². The zero-order valence-corrected chi connectivity index (χ0v) is 17.9. The fourth-order valence-corrected chi connectivity index (χ4v) is 4.37. The molecule has 9 heteroatoms. The number of allylic oxidation sites excluding steroid dienone is 1. The average Bonchev–Trinajstić information content (AvgIpc) is 3.54. The molecule has 1 aliphatic carbocycles. The average molecular weight is 459 g/mol. The summed E-state index contributed by atoms with van der Waals surface area (Å²) in [5, 5.41) is 11.1. The Morgan fingerprint density at radius 3 is 2.59 bits per heavy atom. The van der Waals surface area contributed by atoms with Crippen molar-refractivity contribution in [2.45, 2.75) is 41.9 Å². The first-order chi connectivity index (χ1) is 15.4. The van der Waals surface area contributed by atoms with Crippen LogP contribution in [0.5, 0.6) is 0 Å². The number of benzene rings is 2. The topological polar surface area (TPSA) is 59.8 Å². The minimum Gasteiger partial charge on any atom is -0.325 e. The van der Waals surface area contributed by atoms with Crippen LogP contribution >= 0.6 is 11.8 Å². The molecule has 1 fully saturated rings. The van der Waals surface area contributed by atoms with Crippen LogP contribution in [0, 0.1) is 0 Å². The molecule has 1 unspecified atom stereocenters. The lowest BCUT2D eigenvalue weighted by atomic mass is 10.1. The summed E-state index contributed by atoms with van der Waals surface area (Å²) >= 11 is 1.22. The van der Waals surface area contributed by atoms with Gasteiger partial charge < -0.3 is 9.88 Å². The minimum absolute atomic E-state index is 0.0811. The summed E-state index contributed by atoms with van der Waals surface area (Å²) in [7, 11) is 0. The number of thioether (sulfide) groups is 1. The second-order valence-electron chi connectivity index (χ2n) is 7.49. The second kappa shape index (κ2) is 9.20. The van der Waals surface area contributed by atoms with Crippen LogP contribution in [0.1, 0.15) is 41.0 Å². The van der Waals surface area contributed by atoms with Crippen molar-refractivity contribution in [2.75, 3.05) is 5.32 Å². The van der Waals surface area contributed by atoms with Crippen LogP contribution in [0.25, 0.3) is 0 Å². The zero-order chi connectivity index (χ0) is 22.7. The molecule has 4 rings (SSSR count). The number of anilines is 1. The monoisotopic (exact) mass is 458 g/mol. The van der Waals surface area contributed by atoms with E-state index >= 15 is 0 Å². The fourth-order valence-electron chi connectivity index (χ4n) is 3.32. The number of halogens is 3. The van der Waals surface area contributed by atoms with Crippen LogP contribution in [0.3, 0.4) is 0 Å². The van der Waals surface area contributed by atoms with Gasteiger partial charge in [-0.05, 0) is 36.6 Å². The molecule has 1 amide bonds. The number of hydrogen-bond donors (Lipinski definition) is 1. The molecule has 0 aliphatic heterocycles. The molecule has 32 heavy (non-hydrogen) atoms. The molecule has 1 aromatic heterocycles. The maximum atomic E-state index is 13.2. The van der Waals surface area contributed by atoms with E-state index in [1.54, 1.807) is 18.2 Å². The van der Waals surface area contributed by atoms with Gasteiger partial charge in [0.15, 0.2) is 5.16 Å². The van der Waals surface area contributed by atoms with Crippen LogP contribution < -0.4 is 5.32 Å². The van der Waals surface area contributed by atoms with Crippen LogP contribution in [0.2, 0.25) is 0 Å². The lowest BCUT2D eigenvalue weighted by Crippen LogP contribution is -2.20. The van der Waals surface area contributed by atoms with Gasteiger partial charge in [0, 0.05) is 18.2 Å². The van der Waals surface area contributed by atoms with Crippen molar-refractivity contribution in [2.24, 2.45) is 0 Å². The standard InChI is InChI=1S/C23H21F3N4OS/c1-2-13-30-20(16-11-12-16)28-29-22(30)32-19(15-7-4-3-5-8-15)21(31)27-18-10-6-9-17(14-18)23(24,25)26/h2-10,14,16,19H,1,11-13H2,(H,27,31). The smallest absolute Gasteiger partial charge is 0.325 e. The molecule has 1 atom stereocenters. The molecule has 0 radical (unpaired) electrons. The van der Waals surface area contributed by atoms with Crippen molar-refractivity contribution in [1.82, 2.24) is 14.8 Å². The van der Waals surface area contributed by atoms with Crippen molar-refractivity contribution >= 4 is 23.4 Å². The Labute approximate surface area is 187 Å². The van der Waals surface area contributed by atoms with Crippen LogP contribution in [-0.4, -0.2) is 20.7 Å².